The summed E-state index contributed by atoms with van der Waals surface area (Å²) in [5.41, 5.74) is 1.39. The summed E-state index contributed by atoms with van der Waals surface area (Å²) in [6.45, 7) is 4.75. The number of alkyl carbamates (subject to hydrolysis) is 1. The van der Waals surface area contributed by atoms with Gasteiger partial charge in [-0.2, -0.15) is 0 Å². The predicted molar refractivity (Wildman–Crippen MR) is 85.0 cm³/mol. The average molecular weight is 289 g/mol. The highest BCUT2D eigenvalue weighted by Gasteiger charge is 2.29. The van der Waals surface area contributed by atoms with Gasteiger partial charge in [-0.05, 0) is 37.2 Å². The first-order chi connectivity index (χ1) is 10.1. The molecule has 3 heteroatoms. The van der Waals surface area contributed by atoms with E-state index in [1.165, 1.54) is 32.1 Å². The van der Waals surface area contributed by atoms with Gasteiger partial charge in [0.05, 0.1) is 0 Å². The second-order valence-corrected chi connectivity index (χ2v) is 6.68. The summed E-state index contributed by atoms with van der Waals surface area (Å²) in [5.74, 6) is 0. The fraction of sp³-hybridized carbons (Fsp3) is 0.611. The Hall–Kier alpha value is -1.51. The standard InChI is InChI=1S/C18H27NO2/c1-15(13-18(2)11-7-4-8-12-18)19-17(20)21-14-16-9-5-3-6-10-16/h3,5-6,9-10,15H,4,7-8,11-14H2,1-2H3,(H,19,20). The average Bonchev–Trinajstić information content (AvgIpc) is 2.46. The van der Waals surface area contributed by atoms with Crippen molar-refractivity contribution >= 4 is 6.09 Å². The Labute approximate surface area is 128 Å². The minimum absolute atomic E-state index is 0.163. The van der Waals surface area contributed by atoms with Crippen molar-refractivity contribution in [1.82, 2.24) is 5.32 Å². The van der Waals surface area contributed by atoms with Crippen molar-refractivity contribution in [3.8, 4) is 0 Å². The van der Waals surface area contributed by atoms with Crippen LogP contribution in [0.25, 0.3) is 0 Å². The molecule has 1 fully saturated rings. The van der Waals surface area contributed by atoms with Crippen molar-refractivity contribution in [2.45, 2.75) is 65.0 Å². The quantitative estimate of drug-likeness (QED) is 0.856. The lowest BCUT2D eigenvalue weighted by molar-refractivity contribution is 0.127. The van der Waals surface area contributed by atoms with E-state index >= 15 is 0 Å². The number of ether oxygens (including phenoxy) is 1. The SMILES string of the molecule is CC(CC1(C)CCCCC1)NC(=O)OCc1ccccc1. The number of benzene rings is 1. The van der Waals surface area contributed by atoms with E-state index in [0.717, 1.165) is 12.0 Å². The van der Waals surface area contributed by atoms with Gasteiger partial charge in [-0.15, -0.1) is 0 Å². The Bertz CT molecular complexity index is 438. The first-order valence-electron chi connectivity index (χ1n) is 8.05. The van der Waals surface area contributed by atoms with Crippen LogP contribution in [0, 0.1) is 5.41 Å². The van der Waals surface area contributed by atoms with Crippen LogP contribution < -0.4 is 5.32 Å². The van der Waals surface area contributed by atoms with Gasteiger partial charge in [0.1, 0.15) is 6.61 Å². The molecule has 3 nitrogen and oxygen atoms in total. The van der Waals surface area contributed by atoms with Crippen LogP contribution in [0.15, 0.2) is 30.3 Å². The van der Waals surface area contributed by atoms with Crippen LogP contribution >= 0.6 is 0 Å². The highest BCUT2D eigenvalue weighted by Crippen LogP contribution is 2.39. The summed E-state index contributed by atoms with van der Waals surface area (Å²) in [5, 5.41) is 2.96. The zero-order valence-electron chi connectivity index (χ0n) is 13.2. The molecule has 0 radical (unpaired) electrons. The van der Waals surface area contributed by atoms with E-state index in [0.29, 0.717) is 12.0 Å². The molecule has 0 bridgehead atoms. The molecular formula is C18H27NO2. The van der Waals surface area contributed by atoms with Crippen molar-refractivity contribution in [2.24, 2.45) is 5.41 Å². The van der Waals surface area contributed by atoms with Crippen LogP contribution in [0.4, 0.5) is 4.79 Å². The van der Waals surface area contributed by atoms with E-state index in [-0.39, 0.29) is 12.1 Å². The maximum atomic E-state index is 11.8. The summed E-state index contributed by atoms with van der Waals surface area (Å²) < 4.78 is 5.27. The Morgan fingerprint density at radius 3 is 2.57 bits per heavy atom. The van der Waals surface area contributed by atoms with E-state index < -0.39 is 0 Å². The zero-order chi connectivity index (χ0) is 15.1. The number of hydrogen-bond donors (Lipinski definition) is 1. The molecule has 1 aromatic rings. The van der Waals surface area contributed by atoms with Crippen LogP contribution in [0.1, 0.15) is 57.9 Å². The van der Waals surface area contributed by atoms with Crippen LogP contribution in [0.2, 0.25) is 0 Å². The highest BCUT2D eigenvalue weighted by atomic mass is 16.5. The Morgan fingerprint density at radius 1 is 1.24 bits per heavy atom. The molecule has 21 heavy (non-hydrogen) atoms. The number of carbonyl (C=O) groups is 1. The number of carbonyl (C=O) groups excluding carboxylic acids is 1. The lowest BCUT2D eigenvalue weighted by Gasteiger charge is -2.35. The smallest absolute Gasteiger partial charge is 0.407 e. The van der Waals surface area contributed by atoms with Gasteiger partial charge in [-0.1, -0.05) is 56.5 Å². The molecule has 0 saturated heterocycles. The molecule has 1 unspecified atom stereocenters. The summed E-state index contributed by atoms with van der Waals surface area (Å²) in [6, 6.07) is 9.93. The maximum absolute atomic E-state index is 11.8. The van der Waals surface area contributed by atoms with Crippen molar-refractivity contribution in [3.05, 3.63) is 35.9 Å². The Morgan fingerprint density at radius 2 is 1.90 bits per heavy atom. The lowest BCUT2D eigenvalue weighted by atomic mass is 9.72. The second-order valence-electron chi connectivity index (χ2n) is 6.68. The molecule has 1 aliphatic carbocycles. The van der Waals surface area contributed by atoms with Gasteiger partial charge in [0.15, 0.2) is 0 Å². The molecule has 2 rings (SSSR count). The molecule has 0 aromatic heterocycles. The first-order valence-corrected chi connectivity index (χ1v) is 8.05. The third-order valence-corrected chi connectivity index (χ3v) is 4.44. The zero-order valence-corrected chi connectivity index (χ0v) is 13.2. The molecule has 0 spiro atoms. The van der Waals surface area contributed by atoms with Gasteiger partial charge in [-0.25, -0.2) is 4.79 Å². The molecule has 1 saturated carbocycles. The summed E-state index contributed by atoms with van der Waals surface area (Å²) in [6.07, 6.45) is 7.27. The van der Waals surface area contributed by atoms with Gasteiger partial charge in [-0.3, -0.25) is 0 Å². The van der Waals surface area contributed by atoms with Gasteiger partial charge < -0.3 is 10.1 Å². The van der Waals surface area contributed by atoms with E-state index in [9.17, 15) is 4.79 Å². The maximum Gasteiger partial charge on any atom is 0.407 e. The third kappa shape index (κ3) is 5.41. The number of nitrogens with one attached hydrogen (secondary N) is 1. The van der Waals surface area contributed by atoms with Gasteiger partial charge in [0, 0.05) is 6.04 Å². The molecular weight excluding hydrogens is 262 g/mol. The monoisotopic (exact) mass is 289 g/mol. The highest BCUT2D eigenvalue weighted by molar-refractivity contribution is 5.67. The van der Waals surface area contributed by atoms with E-state index in [1.807, 2.05) is 30.3 Å². The Balaban J connectivity index is 1.71. The van der Waals surface area contributed by atoms with Crippen molar-refractivity contribution in [1.29, 1.82) is 0 Å². The molecule has 1 N–H and O–H groups in total. The molecule has 1 atom stereocenters. The van der Waals surface area contributed by atoms with Crippen LogP contribution in [0.3, 0.4) is 0 Å². The fourth-order valence-electron chi connectivity index (χ4n) is 3.37. The Kier molecular flexibility index (Phi) is 5.66. The first kappa shape index (κ1) is 15.9. The van der Waals surface area contributed by atoms with Crippen molar-refractivity contribution in [3.63, 3.8) is 0 Å². The van der Waals surface area contributed by atoms with Crippen LogP contribution in [-0.4, -0.2) is 12.1 Å². The van der Waals surface area contributed by atoms with Crippen molar-refractivity contribution < 1.29 is 9.53 Å². The number of amides is 1. The normalized spacial score (nSPS) is 18.8. The third-order valence-electron chi connectivity index (χ3n) is 4.44. The molecule has 1 aliphatic rings. The summed E-state index contributed by atoms with van der Waals surface area (Å²) in [7, 11) is 0. The lowest BCUT2D eigenvalue weighted by Crippen LogP contribution is -2.37. The summed E-state index contributed by atoms with van der Waals surface area (Å²) in [4.78, 5) is 11.8. The van der Waals surface area contributed by atoms with E-state index in [4.69, 9.17) is 4.74 Å². The molecule has 1 amide bonds. The largest absolute Gasteiger partial charge is 0.445 e. The predicted octanol–water partition coefficient (Wildman–Crippen LogP) is 4.66. The van der Waals surface area contributed by atoms with Gasteiger partial charge >= 0.3 is 6.09 Å². The molecule has 1 aromatic carbocycles. The van der Waals surface area contributed by atoms with Crippen LogP contribution in [0.5, 0.6) is 0 Å². The molecule has 0 heterocycles. The molecule has 116 valence electrons. The molecule has 0 aliphatic heterocycles. The summed E-state index contributed by atoms with van der Waals surface area (Å²) >= 11 is 0. The van der Waals surface area contributed by atoms with E-state index in [1.54, 1.807) is 0 Å². The topological polar surface area (TPSA) is 38.3 Å². The number of hydrogen-bond acceptors (Lipinski definition) is 2. The number of rotatable bonds is 5. The van der Waals surface area contributed by atoms with E-state index in [2.05, 4.69) is 19.2 Å². The fourth-order valence-corrected chi connectivity index (χ4v) is 3.37. The van der Waals surface area contributed by atoms with Crippen molar-refractivity contribution in [2.75, 3.05) is 0 Å². The minimum atomic E-state index is -0.314. The minimum Gasteiger partial charge on any atom is -0.445 e. The van der Waals surface area contributed by atoms with Gasteiger partial charge in [0.2, 0.25) is 0 Å². The van der Waals surface area contributed by atoms with Crippen LogP contribution in [-0.2, 0) is 11.3 Å². The second kappa shape index (κ2) is 7.48. The van der Waals surface area contributed by atoms with Gasteiger partial charge in [0.25, 0.3) is 0 Å².